The number of carbonyl (C=O) groups excluding carboxylic acids is 4. The molecule has 0 unspecified atom stereocenters. The van der Waals surface area contributed by atoms with E-state index in [1.54, 1.807) is 0 Å². The van der Waals surface area contributed by atoms with Crippen molar-refractivity contribution in [2.24, 2.45) is 26.8 Å². The molecule has 2 aliphatic heterocycles. The molecule has 3 amide bonds. The van der Waals surface area contributed by atoms with Crippen molar-refractivity contribution in [2.45, 2.75) is 199 Å². The fourth-order valence-corrected chi connectivity index (χ4v) is 6.77. The van der Waals surface area contributed by atoms with Gasteiger partial charge in [-0.1, -0.05) is 156 Å². The Kier molecular flexibility index (Phi) is 26.3. The smallest absolute Gasteiger partial charge is 0.330 e. The SMILES string of the molecule is C#CCCCCC(C)(C)C.CC(C)(C)CCCCC(=O)N1Cc2ccccc2C#Cc2ccccc21.CC(C)(C)CCCCC(=O)ON1C(=O)CCC1=O.CC(C)(C)CCCCN=[N+]=[N-]. The first kappa shape index (κ1) is 58.0. The first-order chi connectivity index (χ1) is 30.4. The normalized spacial score (nSPS) is 13.2. The third-order valence-corrected chi connectivity index (χ3v) is 10.5. The van der Waals surface area contributed by atoms with Gasteiger partial charge in [0, 0.05) is 54.7 Å². The third-order valence-electron chi connectivity index (χ3n) is 10.5. The summed E-state index contributed by atoms with van der Waals surface area (Å²) >= 11 is 0. The van der Waals surface area contributed by atoms with Crippen molar-refractivity contribution in [2.75, 3.05) is 11.4 Å². The molecule has 2 heterocycles. The number of fused-ring (bicyclic) bond motifs is 2. The predicted octanol–water partition coefficient (Wildman–Crippen LogP) is 14.5. The van der Waals surface area contributed by atoms with Crippen LogP contribution in [0.25, 0.3) is 10.4 Å². The van der Waals surface area contributed by atoms with E-state index < -0.39 is 17.8 Å². The van der Waals surface area contributed by atoms with E-state index in [-0.39, 0.29) is 30.6 Å². The number of hydrogen-bond donors (Lipinski definition) is 0. The predicted molar refractivity (Wildman–Crippen MR) is 267 cm³/mol. The van der Waals surface area contributed by atoms with Crippen LogP contribution in [-0.4, -0.2) is 35.3 Å². The summed E-state index contributed by atoms with van der Waals surface area (Å²) in [6.07, 6.45) is 20.1. The third kappa shape index (κ3) is 28.5. The first-order valence-electron chi connectivity index (χ1n) is 23.9. The summed E-state index contributed by atoms with van der Waals surface area (Å²) in [4.78, 5) is 56.3. The van der Waals surface area contributed by atoms with Gasteiger partial charge in [-0.15, -0.1) is 17.4 Å². The molecule has 1 saturated heterocycles. The lowest BCUT2D eigenvalue weighted by atomic mass is 9.89. The second-order valence-corrected chi connectivity index (χ2v) is 21.9. The van der Waals surface area contributed by atoms with E-state index in [9.17, 15) is 19.2 Å². The maximum Gasteiger partial charge on any atom is 0.333 e. The van der Waals surface area contributed by atoms with Gasteiger partial charge in [-0.3, -0.25) is 14.4 Å². The Bertz CT molecular complexity index is 1920. The molecule has 2 aliphatic rings. The lowest BCUT2D eigenvalue weighted by molar-refractivity contribution is -0.197. The molecule has 2 aromatic rings. The number of rotatable bonds is 16. The second kappa shape index (κ2) is 29.5. The summed E-state index contributed by atoms with van der Waals surface area (Å²) in [7, 11) is 0. The van der Waals surface area contributed by atoms with Crippen LogP contribution in [0, 0.1) is 45.8 Å². The van der Waals surface area contributed by atoms with E-state index in [2.05, 4.69) is 117 Å². The standard InChI is InChI=1S/C24H27NO.C13H21NO4.C10H18.C8H17N3/c1-24(2,3)17-9-8-14-23(26)25-18-21-12-5-4-10-19(21)15-16-20-11-6-7-13-22(20)25;1-13(2,3)9-5-4-6-12(17)18-14-10(15)7-8-11(14)16;1-5-6-7-8-9-10(2,3)4;1-8(2,3)6-4-5-7-10-11-9/h4-7,10-13H,8-9,14,17-18H2,1-3H3;4-9H2,1-3H3;1H,6-9H2,2-4H3;4-7H2,1-3H3. The van der Waals surface area contributed by atoms with Crippen LogP contribution in [0.3, 0.4) is 0 Å². The van der Waals surface area contributed by atoms with Crippen LogP contribution in [0.15, 0.2) is 53.6 Å². The molecule has 0 atom stereocenters. The summed E-state index contributed by atoms with van der Waals surface area (Å²) in [5.74, 6) is 7.99. The topological polar surface area (TPSA) is 133 Å². The van der Waals surface area contributed by atoms with E-state index in [1.807, 2.05) is 47.4 Å². The second-order valence-electron chi connectivity index (χ2n) is 21.9. The average molecular weight is 894 g/mol. The van der Waals surface area contributed by atoms with Crippen LogP contribution in [0.1, 0.15) is 209 Å². The lowest BCUT2D eigenvalue weighted by Crippen LogP contribution is -2.31. The Labute approximate surface area is 394 Å². The fraction of sp³-hybridized carbons (Fsp3) is 0.636. The molecule has 65 heavy (non-hydrogen) atoms. The van der Waals surface area contributed by atoms with Crippen molar-refractivity contribution >= 4 is 29.4 Å². The van der Waals surface area contributed by atoms with Crippen LogP contribution >= 0.6 is 0 Å². The Morgan fingerprint density at radius 2 is 1.14 bits per heavy atom. The zero-order valence-electron chi connectivity index (χ0n) is 42.4. The molecular weight excluding hydrogens is 811 g/mol. The minimum Gasteiger partial charge on any atom is -0.330 e. The highest BCUT2D eigenvalue weighted by atomic mass is 16.7. The quantitative estimate of drug-likeness (QED) is 0.0413. The van der Waals surface area contributed by atoms with Crippen LogP contribution in [0.2, 0.25) is 0 Å². The number of anilines is 1. The number of azide groups is 1. The van der Waals surface area contributed by atoms with Gasteiger partial charge in [0.05, 0.1) is 12.2 Å². The number of hydrogen-bond acceptors (Lipinski definition) is 6. The summed E-state index contributed by atoms with van der Waals surface area (Å²) in [6.45, 7) is 27.9. The maximum atomic E-state index is 13.0. The number of terminal acetylenes is 1. The van der Waals surface area contributed by atoms with Crippen LogP contribution in [-0.2, 0) is 30.6 Å². The average Bonchev–Trinajstić information content (AvgIpc) is 3.52. The number of unbranched alkanes of at least 4 members (excludes halogenated alkanes) is 5. The van der Waals surface area contributed by atoms with Gasteiger partial charge < -0.3 is 9.74 Å². The number of imide groups is 1. The van der Waals surface area contributed by atoms with Crippen LogP contribution in [0.4, 0.5) is 5.69 Å². The zero-order valence-corrected chi connectivity index (χ0v) is 42.4. The molecule has 4 rings (SSSR count). The van der Waals surface area contributed by atoms with Gasteiger partial charge in [0.2, 0.25) is 5.91 Å². The highest BCUT2D eigenvalue weighted by Crippen LogP contribution is 2.28. The molecule has 10 nitrogen and oxygen atoms in total. The molecule has 0 N–H and O–H groups in total. The van der Waals surface area contributed by atoms with E-state index >= 15 is 0 Å². The van der Waals surface area contributed by atoms with Crippen molar-refractivity contribution in [3.05, 3.63) is 75.7 Å². The van der Waals surface area contributed by atoms with Crippen molar-refractivity contribution in [3.63, 3.8) is 0 Å². The number of carbonyl (C=O) groups is 4. The fourth-order valence-electron chi connectivity index (χ4n) is 6.77. The number of nitrogens with zero attached hydrogens (tertiary/aromatic N) is 5. The van der Waals surface area contributed by atoms with Gasteiger partial charge in [-0.2, -0.15) is 0 Å². The number of amides is 3. The Balaban J connectivity index is 0.000000471. The van der Waals surface area contributed by atoms with Gasteiger partial charge in [0.25, 0.3) is 11.8 Å². The Morgan fingerprint density at radius 3 is 1.66 bits per heavy atom. The maximum absolute atomic E-state index is 13.0. The van der Waals surface area contributed by atoms with Crippen LogP contribution < -0.4 is 4.90 Å². The molecule has 358 valence electrons. The number of hydroxylamine groups is 2. The lowest BCUT2D eigenvalue weighted by Gasteiger charge is -2.26. The van der Waals surface area contributed by atoms with Gasteiger partial charge in [-0.25, -0.2) is 4.79 Å². The van der Waals surface area contributed by atoms with Crippen LogP contribution in [0.5, 0.6) is 0 Å². The number of benzene rings is 2. The molecule has 10 heteroatoms. The first-order valence-corrected chi connectivity index (χ1v) is 23.9. The van der Waals surface area contributed by atoms with E-state index in [0.717, 1.165) is 73.7 Å². The molecule has 0 aromatic heterocycles. The van der Waals surface area contributed by atoms with Gasteiger partial charge >= 0.3 is 5.97 Å². The molecule has 2 aromatic carbocycles. The number of para-hydroxylation sites is 1. The molecule has 1 fully saturated rings. The Hall–Kier alpha value is -5.05. The molecule has 0 radical (unpaired) electrons. The molecule has 0 saturated carbocycles. The largest absolute Gasteiger partial charge is 0.333 e. The van der Waals surface area contributed by atoms with Gasteiger partial charge in [0.15, 0.2) is 0 Å². The highest BCUT2D eigenvalue weighted by molar-refractivity contribution is 6.01. The minimum atomic E-state index is -0.507. The summed E-state index contributed by atoms with van der Waals surface area (Å²) in [5, 5.41) is 4.08. The summed E-state index contributed by atoms with van der Waals surface area (Å²) in [6, 6.07) is 16.1. The zero-order chi connectivity index (χ0) is 49.1. The molecule has 0 bridgehead atoms. The van der Waals surface area contributed by atoms with E-state index in [1.165, 1.54) is 25.7 Å². The summed E-state index contributed by atoms with van der Waals surface area (Å²) < 4.78 is 0. The molecule has 0 aliphatic carbocycles. The van der Waals surface area contributed by atoms with Gasteiger partial charge in [-0.05, 0) is 102 Å². The van der Waals surface area contributed by atoms with Crippen molar-refractivity contribution in [3.8, 4) is 24.2 Å². The van der Waals surface area contributed by atoms with E-state index in [0.29, 0.717) is 47.2 Å². The monoisotopic (exact) mass is 894 g/mol. The minimum absolute atomic E-state index is 0.135. The van der Waals surface area contributed by atoms with Crippen molar-refractivity contribution in [1.29, 1.82) is 0 Å². The van der Waals surface area contributed by atoms with E-state index in [4.69, 9.17) is 16.8 Å². The van der Waals surface area contributed by atoms with Gasteiger partial charge in [0.1, 0.15) is 0 Å². The Morgan fingerprint density at radius 1 is 0.677 bits per heavy atom. The van der Waals surface area contributed by atoms with Crippen molar-refractivity contribution in [1.82, 2.24) is 5.06 Å². The molecule has 0 spiro atoms. The summed E-state index contributed by atoms with van der Waals surface area (Å²) in [5.41, 5.74) is 13.4. The van der Waals surface area contributed by atoms with Crippen molar-refractivity contribution < 1.29 is 24.0 Å². The molecular formula is C55H83N5O5. The highest BCUT2D eigenvalue weighted by Gasteiger charge is 2.32.